The number of hydrogen-bond acceptors (Lipinski definition) is 4. The van der Waals surface area contributed by atoms with Crippen LogP contribution in [0.3, 0.4) is 0 Å². The molecule has 1 rings (SSSR count). The van der Waals surface area contributed by atoms with E-state index in [1.54, 1.807) is 6.92 Å². The lowest BCUT2D eigenvalue weighted by atomic mass is 10.1. The van der Waals surface area contributed by atoms with E-state index in [1.165, 1.54) is 6.21 Å². The smallest absolute Gasteiger partial charge is 0.128 e. The topological polar surface area (TPSA) is 62.0 Å². The van der Waals surface area contributed by atoms with Crippen LogP contribution in [0, 0.1) is 0 Å². The van der Waals surface area contributed by atoms with Gasteiger partial charge in [0, 0.05) is 5.56 Å². The third-order valence-electron chi connectivity index (χ3n) is 3.20. The van der Waals surface area contributed by atoms with Crippen molar-refractivity contribution in [3.8, 4) is 5.75 Å². The van der Waals surface area contributed by atoms with E-state index in [4.69, 9.17) is 9.94 Å². The summed E-state index contributed by atoms with van der Waals surface area (Å²) in [4.78, 5) is 0. The van der Waals surface area contributed by atoms with Crippen LogP contribution in [0.15, 0.2) is 29.4 Å². The monoisotopic (exact) mass is 279 g/mol. The van der Waals surface area contributed by atoms with Crippen molar-refractivity contribution in [2.45, 2.75) is 58.2 Å². The van der Waals surface area contributed by atoms with Gasteiger partial charge in [-0.1, -0.05) is 37.1 Å². The van der Waals surface area contributed by atoms with E-state index in [2.05, 4.69) is 12.1 Å². The van der Waals surface area contributed by atoms with Crippen molar-refractivity contribution in [2.24, 2.45) is 5.16 Å². The Hall–Kier alpha value is -1.55. The third kappa shape index (κ3) is 6.06. The van der Waals surface area contributed by atoms with Crippen molar-refractivity contribution >= 4 is 6.21 Å². The zero-order valence-electron chi connectivity index (χ0n) is 12.3. The van der Waals surface area contributed by atoms with Gasteiger partial charge >= 0.3 is 0 Å². The fourth-order valence-electron chi connectivity index (χ4n) is 2.06. The molecule has 1 aromatic carbocycles. The van der Waals surface area contributed by atoms with E-state index in [0.717, 1.165) is 43.4 Å². The largest absolute Gasteiger partial charge is 0.490 e. The minimum absolute atomic E-state index is 0.0813. The summed E-state index contributed by atoms with van der Waals surface area (Å²) in [6, 6.07) is 7.50. The minimum Gasteiger partial charge on any atom is -0.490 e. The Morgan fingerprint density at radius 3 is 2.65 bits per heavy atom. The van der Waals surface area contributed by atoms with Gasteiger partial charge in [-0.3, -0.25) is 0 Å². The molecule has 0 fully saturated rings. The van der Waals surface area contributed by atoms with Crippen molar-refractivity contribution in [3.05, 3.63) is 29.8 Å². The number of para-hydroxylation sites is 1. The van der Waals surface area contributed by atoms with E-state index >= 15 is 0 Å². The Balaban J connectivity index is 2.72. The standard InChI is InChI=1S/C16H25NO3/c1-3-4-8-15(11-10-13(2)18)20-16-9-6-5-7-14(16)12-17-19/h5-7,9,12-13,15,18-19H,3-4,8,10-11H2,1-2H3. The van der Waals surface area contributed by atoms with Crippen molar-refractivity contribution < 1.29 is 15.1 Å². The molecule has 112 valence electrons. The van der Waals surface area contributed by atoms with E-state index < -0.39 is 0 Å². The van der Waals surface area contributed by atoms with Crippen LogP contribution in [0.1, 0.15) is 51.5 Å². The highest BCUT2D eigenvalue weighted by Gasteiger charge is 2.13. The SMILES string of the molecule is CCCCC(CCC(C)O)Oc1ccccc1C=NO. The Kier molecular flexibility index (Phi) is 7.73. The summed E-state index contributed by atoms with van der Waals surface area (Å²) in [5, 5.41) is 21.2. The third-order valence-corrected chi connectivity index (χ3v) is 3.20. The molecule has 1 aromatic rings. The lowest BCUT2D eigenvalue weighted by molar-refractivity contribution is 0.130. The van der Waals surface area contributed by atoms with Crippen LogP contribution in [0.4, 0.5) is 0 Å². The fraction of sp³-hybridized carbons (Fsp3) is 0.562. The highest BCUT2D eigenvalue weighted by Crippen LogP contribution is 2.21. The second kappa shape index (κ2) is 9.37. The van der Waals surface area contributed by atoms with Crippen LogP contribution in [0.5, 0.6) is 5.75 Å². The van der Waals surface area contributed by atoms with Gasteiger partial charge in [-0.15, -0.1) is 0 Å². The number of nitrogens with zero attached hydrogens (tertiary/aromatic N) is 1. The molecule has 2 atom stereocenters. The van der Waals surface area contributed by atoms with Gasteiger partial charge in [0.25, 0.3) is 0 Å². The maximum Gasteiger partial charge on any atom is 0.128 e. The average Bonchev–Trinajstić information content (AvgIpc) is 2.44. The summed E-state index contributed by atoms with van der Waals surface area (Å²) in [5.41, 5.74) is 0.758. The number of aliphatic hydroxyl groups is 1. The van der Waals surface area contributed by atoms with E-state index in [1.807, 2.05) is 24.3 Å². The summed E-state index contributed by atoms with van der Waals surface area (Å²) < 4.78 is 6.04. The summed E-state index contributed by atoms with van der Waals surface area (Å²) in [7, 11) is 0. The molecule has 0 spiro atoms. The van der Waals surface area contributed by atoms with Crippen molar-refractivity contribution in [3.63, 3.8) is 0 Å². The molecule has 4 heteroatoms. The zero-order chi connectivity index (χ0) is 14.8. The molecular weight excluding hydrogens is 254 g/mol. The fourth-order valence-corrected chi connectivity index (χ4v) is 2.06. The molecule has 0 aliphatic heterocycles. The van der Waals surface area contributed by atoms with Crippen LogP contribution >= 0.6 is 0 Å². The molecule has 20 heavy (non-hydrogen) atoms. The normalized spacial score (nSPS) is 14.3. The Labute approximate surface area is 121 Å². The number of rotatable bonds is 9. The van der Waals surface area contributed by atoms with Crippen LogP contribution in [0.2, 0.25) is 0 Å². The Bertz CT molecular complexity index is 404. The van der Waals surface area contributed by atoms with E-state index in [-0.39, 0.29) is 12.2 Å². The highest BCUT2D eigenvalue weighted by molar-refractivity contribution is 5.82. The van der Waals surface area contributed by atoms with Crippen LogP contribution in [-0.2, 0) is 0 Å². The van der Waals surface area contributed by atoms with Gasteiger partial charge in [0.15, 0.2) is 0 Å². The first-order valence-corrected chi connectivity index (χ1v) is 7.28. The molecule has 0 saturated carbocycles. The van der Waals surface area contributed by atoms with Gasteiger partial charge in [-0.05, 0) is 38.3 Å². The maximum absolute atomic E-state index is 9.42. The van der Waals surface area contributed by atoms with E-state index in [0.29, 0.717) is 0 Å². The number of hydrogen-bond donors (Lipinski definition) is 2. The van der Waals surface area contributed by atoms with Gasteiger partial charge in [-0.25, -0.2) is 0 Å². The molecule has 0 radical (unpaired) electrons. The zero-order valence-corrected chi connectivity index (χ0v) is 12.3. The van der Waals surface area contributed by atoms with Gasteiger partial charge in [-0.2, -0.15) is 0 Å². The predicted molar refractivity (Wildman–Crippen MR) is 80.7 cm³/mol. The van der Waals surface area contributed by atoms with Crippen molar-refractivity contribution in [1.29, 1.82) is 0 Å². The number of oxime groups is 1. The summed E-state index contributed by atoms with van der Waals surface area (Å²) in [5.74, 6) is 0.719. The summed E-state index contributed by atoms with van der Waals surface area (Å²) in [6.07, 6.45) is 5.88. The molecule has 0 aromatic heterocycles. The lowest BCUT2D eigenvalue weighted by Crippen LogP contribution is -2.19. The minimum atomic E-state index is -0.308. The first-order chi connectivity index (χ1) is 9.67. The number of aliphatic hydroxyl groups excluding tert-OH is 1. The second-order valence-corrected chi connectivity index (χ2v) is 5.09. The number of unbranched alkanes of at least 4 members (excludes halogenated alkanes) is 1. The lowest BCUT2D eigenvalue weighted by Gasteiger charge is -2.20. The number of ether oxygens (including phenoxy) is 1. The second-order valence-electron chi connectivity index (χ2n) is 5.09. The molecule has 0 aliphatic carbocycles. The summed E-state index contributed by atoms with van der Waals surface area (Å²) in [6.45, 7) is 3.95. The van der Waals surface area contributed by atoms with Crippen LogP contribution in [0.25, 0.3) is 0 Å². The first kappa shape index (κ1) is 16.5. The molecule has 0 heterocycles. The van der Waals surface area contributed by atoms with Gasteiger partial charge in [0.05, 0.1) is 18.4 Å². The average molecular weight is 279 g/mol. The Morgan fingerprint density at radius 1 is 1.25 bits per heavy atom. The van der Waals surface area contributed by atoms with Gasteiger partial charge in [0.1, 0.15) is 5.75 Å². The summed E-state index contributed by atoms with van der Waals surface area (Å²) >= 11 is 0. The molecule has 0 saturated heterocycles. The Morgan fingerprint density at radius 2 is 2.00 bits per heavy atom. The maximum atomic E-state index is 9.42. The molecule has 0 aliphatic rings. The molecule has 2 N–H and O–H groups in total. The molecule has 4 nitrogen and oxygen atoms in total. The number of benzene rings is 1. The molecule has 0 bridgehead atoms. The molecular formula is C16H25NO3. The van der Waals surface area contributed by atoms with E-state index in [9.17, 15) is 5.11 Å². The molecule has 2 unspecified atom stereocenters. The van der Waals surface area contributed by atoms with Crippen molar-refractivity contribution in [2.75, 3.05) is 0 Å². The molecule has 0 amide bonds. The predicted octanol–water partition coefficient (Wildman–Crippen LogP) is 3.59. The quantitative estimate of drug-likeness (QED) is 0.412. The van der Waals surface area contributed by atoms with Gasteiger partial charge < -0.3 is 15.1 Å². The first-order valence-electron chi connectivity index (χ1n) is 7.28. The van der Waals surface area contributed by atoms with Crippen molar-refractivity contribution in [1.82, 2.24) is 0 Å². The highest BCUT2D eigenvalue weighted by atomic mass is 16.5. The van der Waals surface area contributed by atoms with Crippen LogP contribution in [-0.4, -0.2) is 28.7 Å². The van der Waals surface area contributed by atoms with Gasteiger partial charge in [0.2, 0.25) is 0 Å². The van der Waals surface area contributed by atoms with Crippen LogP contribution < -0.4 is 4.74 Å².